The van der Waals surface area contributed by atoms with E-state index in [1.165, 1.54) is 31.5 Å². The summed E-state index contributed by atoms with van der Waals surface area (Å²) >= 11 is 1.93. The van der Waals surface area contributed by atoms with Crippen LogP contribution in [0.15, 0.2) is 11.4 Å². The highest BCUT2D eigenvalue weighted by Crippen LogP contribution is 2.46. The summed E-state index contributed by atoms with van der Waals surface area (Å²) in [7, 11) is 0. The summed E-state index contributed by atoms with van der Waals surface area (Å²) in [6.45, 7) is 6.48. The minimum Gasteiger partial charge on any atom is -0.379 e. The fourth-order valence-electron chi connectivity index (χ4n) is 3.13. The van der Waals surface area contributed by atoms with Gasteiger partial charge < -0.3 is 10.1 Å². The molecular weight excluding hydrogens is 218 g/mol. The fraction of sp³-hybridized carbons (Fsp3) is 0.692. The molecule has 1 aromatic heterocycles. The highest BCUT2D eigenvalue weighted by Gasteiger charge is 2.48. The number of thiophene rings is 1. The second kappa shape index (κ2) is 4.13. The summed E-state index contributed by atoms with van der Waals surface area (Å²) in [6, 6.07) is 2.25. The van der Waals surface area contributed by atoms with Crippen LogP contribution in [0, 0.1) is 12.8 Å². The molecule has 3 heteroatoms. The van der Waals surface area contributed by atoms with E-state index in [2.05, 4.69) is 23.7 Å². The van der Waals surface area contributed by atoms with E-state index in [0.29, 0.717) is 5.41 Å². The summed E-state index contributed by atoms with van der Waals surface area (Å²) in [6.07, 6.45) is 2.61. The number of ether oxygens (including phenoxy) is 1. The Kier molecular flexibility index (Phi) is 2.78. The van der Waals surface area contributed by atoms with E-state index in [0.717, 1.165) is 19.1 Å². The van der Waals surface area contributed by atoms with Gasteiger partial charge in [-0.3, -0.25) is 0 Å². The van der Waals surface area contributed by atoms with Gasteiger partial charge in [-0.2, -0.15) is 0 Å². The maximum atomic E-state index is 5.56. The third-order valence-electron chi connectivity index (χ3n) is 4.15. The van der Waals surface area contributed by atoms with E-state index in [-0.39, 0.29) is 0 Å². The van der Waals surface area contributed by atoms with Crippen molar-refractivity contribution in [3.8, 4) is 0 Å². The molecule has 3 heterocycles. The van der Waals surface area contributed by atoms with Crippen molar-refractivity contribution < 1.29 is 4.74 Å². The van der Waals surface area contributed by atoms with Gasteiger partial charge >= 0.3 is 0 Å². The lowest BCUT2D eigenvalue weighted by Gasteiger charge is -2.48. The number of hydrogen-bond donors (Lipinski definition) is 1. The molecule has 0 radical (unpaired) electrons. The molecule has 16 heavy (non-hydrogen) atoms. The molecule has 2 saturated heterocycles. The van der Waals surface area contributed by atoms with Crippen molar-refractivity contribution in [1.82, 2.24) is 5.32 Å². The van der Waals surface area contributed by atoms with Crippen LogP contribution < -0.4 is 5.32 Å². The van der Waals surface area contributed by atoms with Crippen molar-refractivity contribution in [3.05, 3.63) is 21.9 Å². The summed E-state index contributed by atoms with van der Waals surface area (Å²) in [4.78, 5) is 1.59. The first-order chi connectivity index (χ1) is 7.83. The Morgan fingerprint density at radius 1 is 1.38 bits per heavy atom. The van der Waals surface area contributed by atoms with E-state index in [1.54, 1.807) is 4.88 Å². The van der Waals surface area contributed by atoms with Crippen molar-refractivity contribution >= 4 is 11.3 Å². The summed E-state index contributed by atoms with van der Waals surface area (Å²) in [5.74, 6) is 0.819. The molecule has 3 rings (SSSR count). The van der Waals surface area contributed by atoms with Gasteiger partial charge in [-0.1, -0.05) is 0 Å². The molecule has 2 fully saturated rings. The van der Waals surface area contributed by atoms with Crippen molar-refractivity contribution in [2.24, 2.45) is 5.92 Å². The van der Waals surface area contributed by atoms with Gasteiger partial charge in [0.1, 0.15) is 0 Å². The lowest BCUT2D eigenvalue weighted by atomic mass is 9.68. The van der Waals surface area contributed by atoms with Gasteiger partial charge in [0.05, 0.1) is 18.6 Å². The molecule has 1 aromatic rings. The maximum Gasteiger partial charge on any atom is 0.0596 e. The SMILES string of the molecule is Cc1ccsc1C1(C2CCNCC2)COC1. The molecule has 1 N–H and O–H groups in total. The van der Waals surface area contributed by atoms with Crippen LogP contribution >= 0.6 is 11.3 Å². The smallest absolute Gasteiger partial charge is 0.0596 e. The van der Waals surface area contributed by atoms with Gasteiger partial charge in [-0.15, -0.1) is 11.3 Å². The fourth-order valence-corrected chi connectivity index (χ4v) is 4.31. The van der Waals surface area contributed by atoms with Gasteiger partial charge in [-0.05, 0) is 55.8 Å². The lowest BCUT2D eigenvalue weighted by Crippen LogP contribution is -2.54. The second-order valence-corrected chi connectivity index (χ2v) is 6.02. The Hall–Kier alpha value is -0.380. The second-order valence-electron chi connectivity index (χ2n) is 5.11. The Labute approximate surface area is 101 Å². The number of aryl methyl sites for hydroxylation is 1. The standard InChI is InChI=1S/C13H19NOS/c1-10-4-7-16-12(10)13(8-15-9-13)11-2-5-14-6-3-11/h4,7,11,14H,2-3,5-6,8-9H2,1H3. The Bertz CT molecular complexity index is 364. The molecule has 0 bridgehead atoms. The summed E-state index contributed by atoms with van der Waals surface area (Å²) in [5, 5.41) is 5.69. The Morgan fingerprint density at radius 2 is 2.12 bits per heavy atom. The van der Waals surface area contributed by atoms with E-state index >= 15 is 0 Å². The summed E-state index contributed by atoms with van der Waals surface area (Å²) < 4.78 is 5.56. The molecule has 2 aliphatic heterocycles. The van der Waals surface area contributed by atoms with E-state index < -0.39 is 0 Å². The van der Waals surface area contributed by atoms with Gasteiger partial charge in [0, 0.05) is 4.88 Å². The van der Waals surface area contributed by atoms with Crippen LogP contribution in [0.2, 0.25) is 0 Å². The summed E-state index contributed by atoms with van der Waals surface area (Å²) in [5.41, 5.74) is 1.83. The third-order valence-corrected chi connectivity index (χ3v) is 5.39. The largest absolute Gasteiger partial charge is 0.379 e. The van der Waals surface area contributed by atoms with Crippen molar-refractivity contribution in [2.45, 2.75) is 25.2 Å². The van der Waals surface area contributed by atoms with Crippen molar-refractivity contribution in [2.75, 3.05) is 26.3 Å². The Balaban J connectivity index is 1.90. The van der Waals surface area contributed by atoms with Crippen molar-refractivity contribution in [3.63, 3.8) is 0 Å². The average Bonchev–Trinajstić information content (AvgIpc) is 2.66. The quantitative estimate of drug-likeness (QED) is 0.852. The minimum atomic E-state index is 0.361. The molecule has 2 aliphatic rings. The van der Waals surface area contributed by atoms with E-state index in [4.69, 9.17) is 4.74 Å². The number of nitrogens with one attached hydrogen (secondary N) is 1. The monoisotopic (exact) mass is 237 g/mol. The zero-order valence-electron chi connectivity index (χ0n) is 9.79. The molecule has 0 atom stereocenters. The number of piperidine rings is 1. The zero-order chi connectivity index (χ0) is 11.0. The third kappa shape index (κ3) is 1.53. The van der Waals surface area contributed by atoms with E-state index in [1.807, 2.05) is 11.3 Å². The predicted molar refractivity (Wildman–Crippen MR) is 67.1 cm³/mol. The van der Waals surface area contributed by atoms with Gasteiger partial charge in [0.2, 0.25) is 0 Å². The highest BCUT2D eigenvalue weighted by molar-refractivity contribution is 7.10. The maximum absolute atomic E-state index is 5.56. The van der Waals surface area contributed by atoms with Crippen LogP contribution in [0.5, 0.6) is 0 Å². The minimum absolute atomic E-state index is 0.361. The molecule has 2 nitrogen and oxygen atoms in total. The molecule has 0 saturated carbocycles. The van der Waals surface area contributed by atoms with Gasteiger partial charge in [0.25, 0.3) is 0 Å². The molecular formula is C13H19NOS. The van der Waals surface area contributed by atoms with Crippen LogP contribution in [-0.2, 0) is 10.2 Å². The zero-order valence-corrected chi connectivity index (χ0v) is 10.6. The molecule has 88 valence electrons. The molecule has 0 amide bonds. The number of rotatable bonds is 2. The lowest BCUT2D eigenvalue weighted by molar-refractivity contribution is -0.0947. The normalized spacial score (nSPS) is 25.3. The molecule has 0 aromatic carbocycles. The first kappa shape index (κ1) is 10.8. The van der Waals surface area contributed by atoms with Gasteiger partial charge in [0.15, 0.2) is 0 Å². The Morgan fingerprint density at radius 3 is 2.62 bits per heavy atom. The molecule has 0 unspecified atom stereocenters. The molecule has 0 aliphatic carbocycles. The topological polar surface area (TPSA) is 21.3 Å². The first-order valence-electron chi connectivity index (χ1n) is 6.16. The van der Waals surface area contributed by atoms with Crippen LogP contribution in [0.1, 0.15) is 23.3 Å². The average molecular weight is 237 g/mol. The first-order valence-corrected chi connectivity index (χ1v) is 7.04. The number of hydrogen-bond acceptors (Lipinski definition) is 3. The van der Waals surface area contributed by atoms with Gasteiger partial charge in [-0.25, -0.2) is 0 Å². The van der Waals surface area contributed by atoms with Crippen LogP contribution in [0.4, 0.5) is 0 Å². The highest BCUT2D eigenvalue weighted by atomic mass is 32.1. The predicted octanol–water partition coefficient (Wildman–Crippen LogP) is 2.32. The van der Waals surface area contributed by atoms with Crippen LogP contribution in [0.25, 0.3) is 0 Å². The molecule has 0 spiro atoms. The van der Waals surface area contributed by atoms with Crippen molar-refractivity contribution in [1.29, 1.82) is 0 Å². The van der Waals surface area contributed by atoms with Crippen LogP contribution in [0.3, 0.4) is 0 Å². The van der Waals surface area contributed by atoms with Crippen LogP contribution in [-0.4, -0.2) is 26.3 Å². The van der Waals surface area contributed by atoms with E-state index in [9.17, 15) is 0 Å².